The summed E-state index contributed by atoms with van der Waals surface area (Å²) in [6.07, 6.45) is 10.6. The van der Waals surface area contributed by atoms with E-state index in [2.05, 4.69) is 39.0 Å². The monoisotopic (exact) mass is 261 g/mol. The molecule has 0 spiro atoms. The second kappa shape index (κ2) is 9.14. The molecule has 19 heavy (non-hydrogen) atoms. The van der Waals surface area contributed by atoms with Gasteiger partial charge in [0.25, 0.3) is 0 Å². The van der Waals surface area contributed by atoms with Gasteiger partial charge in [0.15, 0.2) is 0 Å². The lowest BCUT2D eigenvalue weighted by molar-refractivity contribution is 0.541. The zero-order chi connectivity index (χ0) is 14.1. The Hall–Kier alpha value is -0.820. The van der Waals surface area contributed by atoms with E-state index in [0.29, 0.717) is 0 Å². The molecule has 0 aliphatic heterocycles. The molecule has 1 heteroatoms. The molecule has 0 radical (unpaired) electrons. The van der Waals surface area contributed by atoms with Crippen LogP contribution >= 0.6 is 0 Å². The van der Waals surface area contributed by atoms with E-state index >= 15 is 0 Å². The Morgan fingerprint density at radius 3 is 2.16 bits per heavy atom. The zero-order valence-corrected chi connectivity index (χ0v) is 13.0. The van der Waals surface area contributed by atoms with Crippen molar-refractivity contribution in [3.05, 3.63) is 34.9 Å². The van der Waals surface area contributed by atoms with Gasteiger partial charge in [-0.15, -0.1) is 0 Å². The largest absolute Gasteiger partial charge is 0.324 e. The molecule has 108 valence electrons. The van der Waals surface area contributed by atoms with Gasteiger partial charge in [0.05, 0.1) is 0 Å². The molecular weight excluding hydrogens is 230 g/mol. The number of aryl methyl sites for hydroxylation is 2. The lowest BCUT2D eigenvalue weighted by atomic mass is 9.97. The average molecular weight is 261 g/mol. The molecule has 2 N–H and O–H groups in total. The van der Waals surface area contributed by atoms with Crippen molar-refractivity contribution >= 4 is 0 Å². The summed E-state index contributed by atoms with van der Waals surface area (Å²) in [5, 5.41) is 0. The van der Waals surface area contributed by atoms with Crippen LogP contribution in [0.25, 0.3) is 0 Å². The minimum absolute atomic E-state index is 0.218. The van der Waals surface area contributed by atoms with Gasteiger partial charge in [-0.3, -0.25) is 0 Å². The summed E-state index contributed by atoms with van der Waals surface area (Å²) in [4.78, 5) is 0. The molecule has 0 bridgehead atoms. The van der Waals surface area contributed by atoms with Gasteiger partial charge in [-0.25, -0.2) is 0 Å². The molecule has 1 aromatic carbocycles. The molecular formula is C18H31N. The van der Waals surface area contributed by atoms with E-state index in [-0.39, 0.29) is 6.04 Å². The topological polar surface area (TPSA) is 26.0 Å². The van der Waals surface area contributed by atoms with Crippen molar-refractivity contribution in [1.82, 2.24) is 0 Å². The molecule has 0 heterocycles. The number of hydrogen-bond acceptors (Lipinski definition) is 1. The highest BCUT2D eigenvalue weighted by molar-refractivity contribution is 5.31. The van der Waals surface area contributed by atoms with Gasteiger partial charge in [0.1, 0.15) is 0 Å². The average Bonchev–Trinajstić information content (AvgIpc) is 2.40. The SMILES string of the molecule is CCCCCCCCCC(N)c1ccc(C)c(C)c1. The summed E-state index contributed by atoms with van der Waals surface area (Å²) in [5.41, 5.74) is 10.3. The van der Waals surface area contributed by atoms with Crippen LogP contribution in [-0.4, -0.2) is 0 Å². The molecule has 0 fully saturated rings. The van der Waals surface area contributed by atoms with Crippen LogP contribution in [0.1, 0.15) is 81.0 Å². The lowest BCUT2D eigenvalue weighted by Crippen LogP contribution is -2.10. The van der Waals surface area contributed by atoms with Gasteiger partial charge in [0.2, 0.25) is 0 Å². The van der Waals surface area contributed by atoms with Crippen LogP contribution in [-0.2, 0) is 0 Å². The number of nitrogens with two attached hydrogens (primary N) is 1. The van der Waals surface area contributed by atoms with Crippen LogP contribution in [0.3, 0.4) is 0 Å². The summed E-state index contributed by atoms with van der Waals surface area (Å²) in [7, 11) is 0. The van der Waals surface area contributed by atoms with Gasteiger partial charge in [-0.05, 0) is 37.0 Å². The third-order valence-electron chi connectivity index (χ3n) is 4.08. The highest BCUT2D eigenvalue weighted by Crippen LogP contribution is 2.20. The van der Waals surface area contributed by atoms with Crippen LogP contribution in [0.4, 0.5) is 0 Å². The van der Waals surface area contributed by atoms with E-state index in [9.17, 15) is 0 Å². The summed E-state index contributed by atoms with van der Waals surface area (Å²) in [6, 6.07) is 6.85. The standard InChI is InChI=1S/C18H31N/c1-4-5-6-7-8-9-10-11-18(19)17-13-12-15(2)16(3)14-17/h12-14,18H,4-11,19H2,1-3H3. The third-order valence-corrected chi connectivity index (χ3v) is 4.08. The Morgan fingerprint density at radius 1 is 0.895 bits per heavy atom. The van der Waals surface area contributed by atoms with E-state index in [4.69, 9.17) is 5.73 Å². The number of unbranched alkanes of at least 4 members (excludes halogenated alkanes) is 6. The summed E-state index contributed by atoms with van der Waals surface area (Å²) in [5.74, 6) is 0. The Morgan fingerprint density at radius 2 is 1.53 bits per heavy atom. The second-order valence-corrected chi connectivity index (χ2v) is 5.86. The molecule has 1 rings (SSSR count). The van der Waals surface area contributed by atoms with Crippen LogP contribution in [0.2, 0.25) is 0 Å². The smallest absolute Gasteiger partial charge is 0.0294 e. The fraction of sp³-hybridized carbons (Fsp3) is 0.667. The molecule has 0 aliphatic carbocycles. The minimum Gasteiger partial charge on any atom is -0.324 e. The molecule has 0 aliphatic rings. The predicted octanol–water partition coefficient (Wildman–Crippen LogP) is 5.44. The lowest BCUT2D eigenvalue weighted by Gasteiger charge is -2.13. The highest BCUT2D eigenvalue weighted by Gasteiger charge is 2.06. The summed E-state index contributed by atoms with van der Waals surface area (Å²) >= 11 is 0. The fourth-order valence-corrected chi connectivity index (χ4v) is 2.48. The van der Waals surface area contributed by atoms with Crippen molar-refractivity contribution < 1.29 is 0 Å². The van der Waals surface area contributed by atoms with Gasteiger partial charge in [-0.2, -0.15) is 0 Å². The molecule has 0 saturated carbocycles. The van der Waals surface area contributed by atoms with Crippen LogP contribution in [0.15, 0.2) is 18.2 Å². The van der Waals surface area contributed by atoms with Crippen molar-refractivity contribution in [1.29, 1.82) is 0 Å². The normalized spacial score (nSPS) is 12.6. The molecule has 0 saturated heterocycles. The van der Waals surface area contributed by atoms with E-state index < -0.39 is 0 Å². The number of rotatable bonds is 9. The van der Waals surface area contributed by atoms with Gasteiger partial charge in [-0.1, -0.05) is 70.1 Å². The zero-order valence-electron chi connectivity index (χ0n) is 13.0. The number of benzene rings is 1. The Bertz CT molecular complexity index is 357. The molecule has 1 unspecified atom stereocenters. The molecule has 0 amide bonds. The minimum atomic E-state index is 0.218. The fourth-order valence-electron chi connectivity index (χ4n) is 2.48. The van der Waals surface area contributed by atoms with Gasteiger partial charge < -0.3 is 5.73 Å². The molecule has 1 aromatic rings. The van der Waals surface area contributed by atoms with Gasteiger partial charge in [0, 0.05) is 6.04 Å². The Kier molecular flexibility index (Phi) is 7.81. The second-order valence-electron chi connectivity index (χ2n) is 5.86. The van der Waals surface area contributed by atoms with E-state index in [1.165, 1.54) is 61.6 Å². The Labute approximate surface area is 119 Å². The van der Waals surface area contributed by atoms with Crippen LogP contribution < -0.4 is 5.73 Å². The first kappa shape index (κ1) is 16.2. The quantitative estimate of drug-likeness (QED) is 0.588. The first-order valence-corrected chi connectivity index (χ1v) is 7.98. The van der Waals surface area contributed by atoms with E-state index in [1.54, 1.807) is 0 Å². The number of hydrogen-bond donors (Lipinski definition) is 1. The summed E-state index contributed by atoms with van der Waals surface area (Å²) < 4.78 is 0. The predicted molar refractivity (Wildman–Crippen MR) is 85.5 cm³/mol. The highest BCUT2D eigenvalue weighted by atomic mass is 14.6. The summed E-state index contributed by atoms with van der Waals surface area (Å²) in [6.45, 7) is 6.59. The maximum atomic E-state index is 6.28. The van der Waals surface area contributed by atoms with Gasteiger partial charge >= 0.3 is 0 Å². The van der Waals surface area contributed by atoms with Crippen molar-refractivity contribution in [2.24, 2.45) is 5.73 Å². The first-order chi connectivity index (χ1) is 9.15. The molecule has 1 atom stereocenters. The van der Waals surface area contributed by atoms with Crippen molar-refractivity contribution in [2.45, 2.75) is 78.2 Å². The van der Waals surface area contributed by atoms with Crippen molar-refractivity contribution in [3.63, 3.8) is 0 Å². The molecule has 0 aromatic heterocycles. The maximum absolute atomic E-state index is 6.28. The first-order valence-electron chi connectivity index (χ1n) is 7.98. The van der Waals surface area contributed by atoms with E-state index in [1.807, 2.05) is 0 Å². The maximum Gasteiger partial charge on any atom is 0.0294 e. The molecule has 1 nitrogen and oxygen atoms in total. The Balaban J connectivity index is 2.20. The third kappa shape index (κ3) is 6.24. The van der Waals surface area contributed by atoms with Crippen molar-refractivity contribution in [3.8, 4) is 0 Å². The van der Waals surface area contributed by atoms with Crippen LogP contribution in [0, 0.1) is 13.8 Å². The van der Waals surface area contributed by atoms with Crippen molar-refractivity contribution in [2.75, 3.05) is 0 Å². The van der Waals surface area contributed by atoms with E-state index in [0.717, 1.165) is 6.42 Å². The van der Waals surface area contributed by atoms with Crippen LogP contribution in [0.5, 0.6) is 0 Å².